The van der Waals surface area contributed by atoms with Crippen LogP contribution in [0.2, 0.25) is 0 Å². The van der Waals surface area contributed by atoms with Crippen LogP contribution in [0.4, 0.5) is 0 Å². The predicted molar refractivity (Wildman–Crippen MR) is 70.4 cm³/mol. The first-order chi connectivity index (χ1) is 8.12. The maximum atomic E-state index is 8.82. The average molecular weight is 234 g/mol. The summed E-state index contributed by atoms with van der Waals surface area (Å²) in [5.41, 5.74) is 7.86. The molecule has 4 heteroatoms. The minimum atomic E-state index is 0.244. The van der Waals surface area contributed by atoms with Crippen LogP contribution in [-0.2, 0) is 0 Å². The number of rotatable bonds is 4. The van der Waals surface area contributed by atoms with Crippen LogP contribution in [0.25, 0.3) is 0 Å². The van der Waals surface area contributed by atoms with Crippen LogP contribution >= 0.6 is 0 Å². The fourth-order valence-electron chi connectivity index (χ4n) is 2.12. The van der Waals surface area contributed by atoms with E-state index in [1.807, 2.05) is 0 Å². The molecular formula is C13H22N4. The number of hydrogen-bond acceptors (Lipinski definition) is 4. The van der Waals surface area contributed by atoms with Gasteiger partial charge in [0.05, 0.1) is 12.6 Å². The predicted octanol–water partition coefficient (Wildman–Crippen LogP) is 1.89. The van der Waals surface area contributed by atoms with Gasteiger partial charge >= 0.3 is 0 Å². The molecule has 0 radical (unpaired) electrons. The smallest absolute Gasteiger partial charge is 0.179 e. The van der Waals surface area contributed by atoms with Gasteiger partial charge in [-0.2, -0.15) is 5.26 Å². The third kappa shape index (κ3) is 3.48. The van der Waals surface area contributed by atoms with Gasteiger partial charge in [0, 0.05) is 12.3 Å². The summed E-state index contributed by atoms with van der Waals surface area (Å²) in [6, 6.07) is 0.244. The fraction of sp³-hybridized carbons (Fsp3) is 0.692. The molecule has 0 spiro atoms. The molecule has 0 aromatic carbocycles. The number of hydrogen-bond donors (Lipinski definition) is 1. The molecule has 1 saturated heterocycles. The highest BCUT2D eigenvalue weighted by molar-refractivity contribution is 6.01. The second-order valence-corrected chi connectivity index (χ2v) is 4.70. The zero-order chi connectivity index (χ0) is 12.8. The molecule has 1 atom stereocenters. The second kappa shape index (κ2) is 6.29. The number of allylic oxidation sites excluding steroid dienone is 1. The maximum Gasteiger partial charge on any atom is 0.179 e. The molecule has 4 nitrogen and oxygen atoms in total. The topological polar surface area (TPSA) is 65.4 Å². The summed E-state index contributed by atoms with van der Waals surface area (Å²) in [6.07, 6.45) is 5.71. The van der Waals surface area contributed by atoms with Crippen molar-refractivity contribution >= 4 is 5.71 Å². The number of likely N-dealkylation sites (tertiary alicyclic amines) is 1. The lowest BCUT2D eigenvalue weighted by Gasteiger charge is -2.15. The SMILES string of the molecule is CC/C(=C/N)C(=NC1CCN(C#N)C1)C(C)C. The molecule has 1 fully saturated rings. The van der Waals surface area contributed by atoms with Crippen molar-refractivity contribution in [1.82, 2.24) is 4.90 Å². The van der Waals surface area contributed by atoms with Crippen molar-refractivity contribution in [2.45, 2.75) is 39.7 Å². The van der Waals surface area contributed by atoms with Crippen LogP contribution in [-0.4, -0.2) is 29.7 Å². The number of nitriles is 1. The fourth-order valence-corrected chi connectivity index (χ4v) is 2.12. The molecule has 1 aliphatic heterocycles. The Labute approximate surface area is 104 Å². The Morgan fingerprint density at radius 3 is 2.76 bits per heavy atom. The van der Waals surface area contributed by atoms with Crippen molar-refractivity contribution in [2.24, 2.45) is 16.6 Å². The van der Waals surface area contributed by atoms with Gasteiger partial charge in [-0.25, -0.2) is 0 Å². The Balaban J connectivity index is 2.82. The minimum absolute atomic E-state index is 0.244. The van der Waals surface area contributed by atoms with Gasteiger partial charge in [0.2, 0.25) is 0 Å². The van der Waals surface area contributed by atoms with Crippen molar-refractivity contribution in [3.63, 3.8) is 0 Å². The van der Waals surface area contributed by atoms with E-state index in [2.05, 4.69) is 27.0 Å². The summed E-state index contributed by atoms with van der Waals surface area (Å²) >= 11 is 0. The lowest BCUT2D eigenvalue weighted by molar-refractivity contribution is 0.479. The highest BCUT2D eigenvalue weighted by Gasteiger charge is 2.22. The number of nitrogens with two attached hydrogens (primary N) is 1. The van der Waals surface area contributed by atoms with Gasteiger partial charge < -0.3 is 10.6 Å². The van der Waals surface area contributed by atoms with Crippen molar-refractivity contribution in [3.05, 3.63) is 11.8 Å². The van der Waals surface area contributed by atoms with Gasteiger partial charge in [0.25, 0.3) is 0 Å². The number of nitrogens with zero attached hydrogens (tertiary/aromatic N) is 3. The summed E-state index contributed by atoms with van der Waals surface area (Å²) < 4.78 is 0. The van der Waals surface area contributed by atoms with E-state index in [9.17, 15) is 0 Å². The Bertz CT molecular complexity index is 349. The van der Waals surface area contributed by atoms with E-state index in [1.54, 1.807) is 11.1 Å². The molecule has 2 N–H and O–H groups in total. The normalized spacial score (nSPS) is 22.1. The molecule has 0 amide bonds. The molecule has 0 aromatic rings. The average Bonchev–Trinajstić information content (AvgIpc) is 2.77. The van der Waals surface area contributed by atoms with Crippen molar-refractivity contribution in [3.8, 4) is 6.19 Å². The molecule has 0 aromatic heterocycles. The second-order valence-electron chi connectivity index (χ2n) is 4.70. The molecular weight excluding hydrogens is 212 g/mol. The van der Waals surface area contributed by atoms with Crippen molar-refractivity contribution in [1.29, 1.82) is 5.26 Å². The lowest BCUT2D eigenvalue weighted by Crippen LogP contribution is -2.19. The zero-order valence-electron chi connectivity index (χ0n) is 11.0. The van der Waals surface area contributed by atoms with Crippen LogP contribution in [0.5, 0.6) is 0 Å². The van der Waals surface area contributed by atoms with Gasteiger partial charge in [0.15, 0.2) is 6.19 Å². The van der Waals surface area contributed by atoms with Crippen LogP contribution in [0.15, 0.2) is 16.8 Å². The van der Waals surface area contributed by atoms with E-state index < -0.39 is 0 Å². The van der Waals surface area contributed by atoms with E-state index in [-0.39, 0.29) is 6.04 Å². The largest absolute Gasteiger partial charge is 0.404 e. The molecule has 0 saturated carbocycles. The van der Waals surface area contributed by atoms with E-state index in [0.717, 1.165) is 37.2 Å². The maximum absolute atomic E-state index is 8.82. The van der Waals surface area contributed by atoms with Crippen molar-refractivity contribution < 1.29 is 0 Å². The van der Waals surface area contributed by atoms with Gasteiger partial charge in [-0.1, -0.05) is 20.8 Å². The van der Waals surface area contributed by atoms with Gasteiger partial charge in [-0.15, -0.1) is 0 Å². The Kier molecular flexibility index (Phi) is 5.02. The molecule has 0 aliphatic carbocycles. The first-order valence-electron chi connectivity index (χ1n) is 6.25. The monoisotopic (exact) mass is 234 g/mol. The summed E-state index contributed by atoms with van der Waals surface area (Å²) in [6.45, 7) is 7.93. The quantitative estimate of drug-likeness (QED) is 0.596. The highest BCUT2D eigenvalue weighted by Crippen LogP contribution is 2.17. The van der Waals surface area contributed by atoms with Crippen LogP contribution in [0.1, 0.15) is 33.6 Å². The molecule has 0 bridgehead atoms. The van der Waals surface area contributed by atoms with Crippen LogP contribution in [0, 0.1) is 17.4 Å². The third-order valence-electron chi connectivity index (χ3n) is 3.08. The Morgan fingerprint density at radius 1 is 1.65 bits per heavy atom. The molecule has 17 heavy (non-hydrogen) atoms. The summed E-state index contributed by atoms with van der Waals surface area (Å²) in [4.78, 5) is 6.56. The molecule has 94 valence electrons. The van der Waals surface area contributed by atoms with E-state index in [0.29, 0.717) is 5.92 Å². The van der Waals surface area contributed by atoms with E-state index >= 15 is 0 Å². The van der Waals surface area contributed by atoms with E-state index in [4.69, 9.17) is 16.0 Å². The molecule has 1 aliphatic rings. The van der Waals surface area contributed by atoms with Crippen molar-refractivity contribution in [2.75, 3.05) is 13.1 Å². The summed E-state index contributed by atoms with van der Waals surface area (Å²) in [7, 11) is 0. The standard InChI is InChI=1S/C13H22N4/c1-4-11(7-14)13(10(2)3)16-12-5-6-17(8-12)9-15/h7,10,12H,4-6,8,14H2,1-3H3/b11-7-,16-13?. The minimum Gasteiger partial charge on any atom is -0.404 e. The Hall–Kier alpha value is -1.50. The van der Waals surface area contributed by atoms with Gasteiger partial charge in [-0.05, 0) is 30.5 Å². The molecule has 1 unspecified atom stereocenters. The van der Waals surface area contributed by atoms with Crippen LogP contribution in [0.3, 0.4) is 0 Å². The first kappa shape index (κ1) is 13.6. The van der Waals surface area contributed by atoms with Gasteiger partial charge in [0.1, 0.15) is 0 Å². The van der Waals surface area contributed by atoms with Gasteiger partial charge in [-0.3, -0.25) is 4.99 Å². The molecule has 1 rings (SSSR count). The van der Waals surface area contributed by atoms with E-state index in [1.165, 1.54) is 0 Å². The Morgan fingerprint density at radius 2 is 2.35 bits per heavy atom. The molecule has 1 heterocycles. The highest BCUT2D eigenvalue weighted by atomic mass is 15.2. The summed E-state index contributed by atoms with van der Waals surface area (Å²) in [5.74, 6) is 0.376. The lowest BCUT2D eigenvalue weighted by atomic mass is 9.98. The third-order valence-corrected chi connectivity index (χ3v) is 3.08. The number of aliphatic imine (C=N–C) groups is 1. The van der Waals surface area contributed by atoms with Crippen LogP contribution < -0.4 is 5.73 Å². The first-order valence-corrected chi connectivity index (χ1v) is 6.25. The zero-order valence-corrected chi connectivity index (χ0v) is 11.0. The summed E-state index contributed by atoms with van der Waals surface area (Å²) in [5, 5.41) is 8.82.